The average molecular weight is 296 g/mol. The summed E-state index contributed by atoms with van der Waals surface area (Å²) in [6.07, 6.45) is 0. The van der Waals surface area contributed by atoms with Gasteiger partial charge in [-0.3, -0.25) is 0 Å². The summed E-state index contributed by atoms with van der Waals surface area (Å²) < 4.78 is 4.93. The molecule has 1 unspecified atom stereocenters. The van der Waals surface area contributed by atoms with Crippen molar-refractivity contribution in [1.29, 1.82) is 5.26 Å². The summed E-state index contributed by atoms with van der Waals surface area (Å²) in [4.78, 5) is 14.1. The highest BCUT2D eigenvalue weighted by Gasteiger charge is 2.22. The van der Waals surface area contributed by atoms with Crippen molar-refractivity contribution in [3.63, 3.8) is 0 Å². The van der Waals surface area contributed by atoms with Gasteiger partial charge in [-0.15, -0.1) is 11.3 Å². The molecule has 1 heterocycles. The SMILES string of the molecule is CCOC(=O)c1sc(NCC(C)N(C)C)c(C#N)c1N. The fourth-order valence-electron chi connectivity index (χ4n) is 1.45. The van der Waals surface area contributed by atoms with E-state index in [0.717, 1.165) is 11.3 Å². The van der Waals surface area contributed by atoms with Gasteiger partial charge in [0.05, 0.1) is 12.3 Å². The van der Waals surface area contributed by atoms with Crippen LogP contribution in [0.15, 0.2) is 0 Å². The van der Waals surface area contributed by atoms with Crippen molar-refractivity contribution in [1.82, 2.24) is 4.90 Å². The van der Waals surface area contributed by atoms with Gasteiger partial charge in [-0.05, 0) is 27.9 Å². The molecule has 3 N–H and O–H groups in total. The molecule has 0 aliphatic heterocycles. The number of likely N-dealkylation sites (N-methyl/N-ethyl adjacent to an activating group) is 1. The first-order valence-electron chi connectivity index (χ1n) is 6.32. The predicted molar refractivity (Wildman–Crippen MR) is 81.0 cm³/mol. The minimum absolute atomic E-state index is 0.191. The van der Waals surface area contributed by atoms with Gasteiger partial charge in [-0.1, -0.05) is 0 Å². The number of anilines is 2. The molecule has 0 saturated carbocycles. The Morgan fingerprint density at radius 1 is 1.60 bits per heavy atom. The van der Waals surface area contributed by atoms with Crippen LogP contribution in [0.5, 0.6) is 0 Å². The highest BCUT2D eigenvalue weighted by molar-refractivity contribution is 7.18. The lowest BCUT2D eigenvalue weighted by Gasteiger charge is -2.20. The molecule has 6 nitrogen and oxygen atoms in total. The summed E-state index contributed by atoms with van der Waals surface area (Å²) in [5.41, 5.74) is 6.35. The molecular weight excluding hydrogens is 276 g/mol. The fraction of sp³-hybridized carbons (Fsp3) is 0.538. The van der Waals surface area contributed by atoms with Gasteiger partial charge >= 0.3 is 5.97 Å². The van der Waals surface area contributed by atoms with Crippen molar-refractivity contribution in [3.8, 4) is 6.07 Å². The maximum Gasteiger partial charge on any atom is 0.350 e. The molecule has 0 aliphatic carbocycles. The predicted octanol–water partition coefficient (Wildman–Crippen LogP) is 1.74. The van der Waals surface area contributed by atoms with Crippen LogP contribution in [0.4, 0.5) is 10.7 Å². The number of carbonyl (C=O) groups excluding carboxylic acids is 1. The van der Waals surface area contributed by atoms with Gasteiger partial charge in [0.25, 0.3) is 0 Å². The Hall–Kier alpha value is -1.78. The third-order valence-corrected chi connectivity index (χ3v) is 4.10. The first kappa shape index (κ1) is 16.3. The van der Waals surface area contributed by atoms with Crippen molar-refractivity contribution >= 4 is 28.0 Å². The molecular formula is C13H20N4O2S. The molecule has 1 aromatic rings. The van der Waals surface area contributed by atoms with Crippen molar-refractivity contribution in [2.24, 2.45) is 0 Å². The standard InChI is InChI=1S/C13H20N4O2S/c1-5-19-13(18)11-10(15)9(6-14)12(20-11)16-7-8(2)17(3)4/h8,16H,5,7,15H2,1-4H3. The zero-order chi connectivity index (χ0) is 15.3. The molecule has 0 fully saturated rings. The Morgan fingerprint density at radius 2 is 2.25 bits per heavy atom. The van der Waals surface area contributed by atoms with Gasteiger partial charge < -0.3 is 20.7 Å². The average Bonchev–Trinajstić information content (AvgIpc) is 2.72. The Balaban J connectivity index is 2.95. The first-order chi connectivity index (χ1) is 9.42. The number of hydrogen-bond donors (Lipinski definition) is 2. The van der Waals surface area contributed by atoms with E-state index in [1.54, 1.807) is 6.92 Å². The molecule has 1 atom stereocenters. The molecule has 110 valence electrons. The van der Waals surface area contributed by atoms with E-state index in [4.69, 9.17) is 10.5 Å². The van der Waals surface area contributed by atoms with Gasteiger partial charge in [0, 0.05) is 12.6 Å². The normalized spacial score (nSPS) is 12.0. The first-order valence-corrected chi connectivity index (χ1v) is 7.13. The summed E-state index contributed by atoms with van der Waals surface area (Å²) in [6.45, 7) is 4.72. The number of thiophene rings is 1. The monoisotopic (exact) mass is 296 g/mol. The number of ether oxygens (including phenoxy) is 1. The zero-order valence-electron chi connectivity index (χ0n) is 12.2. The molecule has 0 aromatic carbocycles. The Morgan fingerprint density at radius 3 is 2.75 bits per heavy atom. The summed E-state index contributed by atoms with van der Waals surface area (Å²) in [5, 5.41) is 13.0. The summed E-state index contributed by atoms with van der Waals surface area (Å²) in [7, 11) is 3.95. The van der Waals surface area contributed by atoms with E-state index in [0.29, 0.717) is 17.1 Å². The molecule has 0 bridgehead atoms. The number of nitrogens with one attached hydrogen (secondary N) is 1. The Kier molecular flexibility index (Phi) is 5.80. The van der Waals surface area contributed by atoms with E-state index >= 15 is 0 Å². The van der Waals surface area contributed by atoms with Crippen LogP contribution in [0.2, 0.25) is 0 Å². The van der Waals surface area contributed by atoms with Crippen LogP contribution in [0, 0.1) is 11.3 Å². The Labute approximate surface area is 123 Å². The van der Waals surface area contributed by atoms with E-state index in [-0.39, 0.29) is 23.2 Å². The summed E-state index contributed by atoms with van der Waals surface area (Å²) >= 11 is 1.16. The number of esters is 1. The lowest BCUT2D eigenvalue weighted by atomic mass is 10.2. The largest absolute Gasteiger partial charge is 0.462 e. The number of hydrogen-bond acceptors (Lipinski definition) is 7. The van der Waals surface area contributed by atoms with Gasteiger partial charge in [-0.25, -0.2) is 4.79 Å². The molecule has 0 aliphatic rings. The number of carbonyl (C=O) groups is 1. The molecule has 20 heavy (non-hydrogen) atoms. The van der Waals surface area contributed by atoms with E-state index in [9.17, 15) is 10.1 Å². The second kappa shape index (κ2) is 7.12. The van der Waals surface area contributed by atoms with Crippen LogP contribution in [0.3, 0.4) is 0 Å². The molecule has 7 heteroatoms. The van der Waals surface area contributed by atoms with Gasteiger partial charge in [0.2, 0.25) is 0 Å². The summed E-state index contributed by atoms with van der Waals surface area (Å²) in [5.74, 6) is -0.486. The van der Waals surface area contributed by atoms with Crippen molar-refractivity contribution in [2.45, 2.75) is 19.9 Å². The van der Waals surface area contributed by atoms with Crippen LogP contribution in [0.25, 0.3) is 0 Å². The molecule has 0 amide bonds. The van der Waals surface area contributed by atoms with Crippen LogP contribution >= 0.6 is 11.3 Å². The molecule has 0 radical (unpaired) electrons. The molecule has 0 spiro atoms. The second-order valence-corrected chi connectivity index (χ2v) is 5.60. The summed E-state index contributed by atoms with van der Waals surface area (Å²) in [6, 6.07) is 2.32. The minimum Gasteiger partial charge on any atom is -0.462 e. The third kappa shape index (κ3) is 3.62. The van der Waals surface area contributed by atoms with Crippen molar-refractivity contribution in [3.05, 3.63) is 10.4 Å². The molecule has 0 saturated heterocycles. The van der Waals surface area contributed by atoms with Crippen LogP contribution in [0.1, 0.15) is 29.1 Å². The fourth-order valence-corrected chi connectivity index (χ4v) is 2.42. The smallest absolute Gasteiger partial charge is 0.350 e. The van der Waals surface area contributed by atoms with Crippen LogP contribution in [-0.4, -0.2) is 44.2 Å². The lowest BCUT2D eigenvalue weighted by Crippen LogP contribution is -2.31. The number of nitrogens with zero attached hydrogens (tertiary/aromatic N) is 2. The zero-order valence-corrected chi connectivity index (χ0v) is 13.0. The minimum atomic E-state index is -0.486. The number of nitrogens with two attached hydrogens (primary N) is 1. The van der Waals surface area contributed by atoms with E-state index < -0.39 is 5.97 Å². The number of nitriles is 1. The Bertz CT molecular complexity index is 519. The van der Waals surface area contributed by atoms with Gasteiger partial charge in [0.1, 0.15) is 21.5 Å². The van der Waals surface area contributed by atoms with Crippen LogP contribution in [-0.2, 0) is 4.74 Å². The topological polar surface area (TPSA) is 91.4 Å². The molecule has 1 aromatic heterocycles. The van der Waals surface area contributed by atoms with Crippen molar-refractivity contribution < 1.29 is 9.53 Å². The van der Waals surface area contributed by atoms with Crippen molar-refractivity contribution in [2.75, 3.05) is 38.3 Å². The third-order valence-electron chi connectivity index (χ3n) is 2.96. The van der Waals surface area contributed by atoms with Gasteiger partial charge in [-0.2, -0.15) is 5.26 Å². The van der Waals surface area contributed by atoms with E-state index in [1.165, 1.54) is 0 Å². The van der Waals surface area contributed by atoms with Gasteiger partial charge in [0.15, 0.2) is 0 Å². The number of rotatable bonds is 6. The van der Waals surface area contributed by atoms with E-state index in [1.807, 2.05) is 20.2 Å². The number of nitrogen functional groups attached to an aromatic ring is 1. The van der Waals surface area contributed by atoms with E-state index in [2.05, 4.69) is 17.1 Å². The molecule has 1 rings (SSSR count). The van der Waals surface area contributed by atoms with Crippen LogP contribution < -0.4 is 11.1 Å². The second-order valence-electron chi connectivity index (χ2n) is 4.57. The highest BCUT2D eigenvalue weighted by atomic mass is 32.1. The lowest BCUT2D eigenvalue weighted by molar-refractivity contribution is 0.0533. The quantitative estimate of drug-likeness (QED) is 0.777. The maximum absolute atomic E-state index is 11.8. The highest BCUT2D eigenvalue weighted by Crippen LogP contribution is 2.35. The maximum atomic E-state index is 11.8.